The number of rotatable bonds is 5. The number of nitriles is 1. The molecule has 0 saturated carbocycles. The summed E-state index contributed by atoms with van der Waals surface area (Å²) in [5.74, 6) is -11.6. The molecule has 0 aliphatic rings. The van der Waals surface area contributed by atoms with Crippen LogP contribution in [-0.4, -0.2) is 18.0 Å². The second-order valence-electron chi connectivity index (χ2n) is 3.65. The highest BCUT2D eigenvalue weighted by Crippen LogP contribution is 2.51. The van der Waals surface area contributed by atoms with Gasteiger partial charge in [-0.05, 0) is 35.4 Å². The molecular formula is C10H9F7IN. The van der Waals surface area contributed by atoms with Gasteiger partial charge in [-0.25, -0.2) is 0 Å². The fourth-order valence-electron chi connectivity index (χ4n) is 1.19. The van der Waals surface area contributed by atoms with Crippen LogP contribution >= 0.6 is 22.6 Å². The third-order valence-electron chi connectivity index (χ3n) is 2.27. The van der Waals surface area contributed by atoms with Crippen LogP contribution in [0, 0.1) is 11.3 Å². The first-order chi connectivity index (χ1) is 8.43. The fraction of sp³-hybridized carbons (Fsp3) is 0.700. The third kappa shape index (κ3) is 3.73. The predicted octanol–water partition coefficient (Wildman–Crippen LogP) is 5.22. The minimum atomic E-state index is -6.39. The monoisotopic (exact) mass is 403 g/mol. The number of unbranched alkanes of at least 4 members (excludes halogenated alkanes) is 1. The van der Waals surface area contributed by atoms with E-state index in [4.69, 9.17) is 5.26 Å². The molecule has 0 atom stereocenters. The number of halogens is 8. The summed E-state index contributed by atoms with van der Waals surface area (Å²) < 4.78 is 87.9. The smallest absolute Gasteiger partial charge is 0.194 e. The summed E-state index contributed by atoms with van der Waals surface area (Å²) in [5, 5.41) is 8.46. The first kappa shape index (κ1) is 18.5. The Morgan fingerprint density at radius 3 is 1.89 bits per heavy atom. The van der Waals surface area contributed by atoms with Gasteiger partial charge in [0.1, 0.15) is 6.07 Å². The van der Waals surface area contributed by atoms with E-state index in [1.54, 1.807) is 6.92 Å². The largest absolute Gasteiger partial charge is 0.460 e. The summed E-state index contributed by atoms with van der Waals surface area (Å²) >= 11 is 1.04. The molecular weight excluding hydrogens is 394 g/mol. The van der Waals surface area contributed by atoms with Gasteiger partial charge in [0.15, 0.2) is 0 Å². The Balaban J connectivity index is 5.76. The number of allylic oxidation sites excluding steroid dienone is 2. The minimum absolute atomic E-state index is 0.0208. The van der Waals surface area contributed by atoms with Crippen LogP contribution in [0.3, 0.4) is 0 Å². The normalized spacial score (nSPS) is 14.9. The van der Waals surface area contributed by atoms with Crippen LogP contribution in [0.15, 0.2) is 9.15 Å². The van der Waals surface area contributed by atoms with Gasteiger partial charge in [0.25, 0.3) is 0 Å². The number of alkyl halides is 7. The second-order valence-corrected chi connectivity index (χ2v) is 4.73. The molecule has 0 aromatic carbocycles. The van der Waals surface area contributed by atoms with Crippen molar-refractivity contribution in [2.75, 3.05) is 0 Å². The van der Waals surface area contributed by atoms with Gasteiger partial charge in [-0.3, -0.25) is 0 Å². The minimum Gasteiger partial charge on any atom is -0.194 e. The maximum Gasteiger partial charge on any atom is 0.460 e. The van der Waals surface area contributed by atoms with Crippen LogP contribution in [0.4, 0.5) is 30.7 Å². The molecule has 9 heteroatoms. The summed E-state index contributed by atoms with van der Waals surface area (Å²) in [6.07, 6.45) is -6.79. The highest BCUT2D eigenvalue weighted by molar-refractivity contribution is 14.1. The summed E-state index contributed by atoms with van der Waals surface area (Å²) in [6.45, 7) is 1.55. The van der Waals surface area contributed by atoms with Crippen molar-refractivity contribution in [2.45, 2.75) is 44.2 Å². The molecule has 0 amide bonds. The zero-order valence-corrected chi connectivity index (χ0v) is 11.7. The SMILES string of the molecule is CCCC/C(=C(/I)C#N)C(F)(F)C(F)(F)C(F)(F)F. The topological polar surface area (TPSA) is 23.8 Å². The van der Waals surface area contributed by atoms with Crippen molar-refractivity contribution in [3.05, 3.63) is 9.15 Å². The molecule has 0 rings (SSSR count). The molecule has 0 N–H and O–H groups in total. The Bertz CT molecular complexity index is 392. The van der Waals surface area contributed by atoms with Crippen molar-refractivity contribution < 1.29 is 30.7 Å². The Kier molecular flexibility index (Phi) is 6.10. The Morgan fingerprint density at radius 1 is 1.11 bits per heavy atom. The lowest BCUT2D eigenvalue weighted by molar-refractivity contribution is -0.344. The fourth-order valence-corrected chi connectivity index (χ4v) is 1.80. The van der Waals surface area contributed by atoms with E-state index in [1.165, 1.54) is 6.07 Å². The zero-order valence-electron chi connectivity index (χ0n) is 9.59. The van der Waals surface area contributed by atoms with Crippen LogP contribution in [0.2, 0.25) is 0 Å². The molecule has 0 spiro atoms. The Hall–Kier alpha value is -0.530. The van der Waals surface area contributed by atoms with Gasteiger partial charge < -0.3 is 0 Å². The average molecular weight is 403 g/mol. The van der Waals surface area contributed by atoms with Gasteiger partial charge in [0, 0.05) is 5.57 Å². The van der Waals surface area contributed by atoms with Gasteiger partial charge in [0.05, 0.1) is 3.58 Å². The second kappa shape index (κ2) is 6.28. The molecule has 0 unspecified atom stereocenters. The molecule has 0 aliphatic carbocycles. The number of hydrogen-bond donors (Lipinski definition) is 0. The van der Waals surface area contributed by atoms with Crippen LogP contribution in [-0.2, 0) is 0 Å². The van der Waals surface area contributed by atoms with Crippen molar-refractivity contribution >= 4 is 22.6 Å². The van der Waals surface area contributed by atoms with E-state index in [-0.39, 0.29) is 6.42 Å². The molecule has 19 heavy (non-hydrogen) atoms. The van der Waals surface area contributed by atoms with Crippen LogP contribution in [0.5, 0.6) is 0 Å². The van der Waals surface area contributed by atoms with E-state index in [0.717, 1.165) is 22.6 Å². The van der Waals surface area contributed by atoms with E-state index in [2.05, 4.69) is 0 Å². The first-order valence-corrected chi connectivity index (χ1v) is 6.12. The molecule has 0 aromatic heterocycles. The van der Waals surface area contributed by atoms with Gasteiger partial charge in [-0.2, -0.15) is 36.0 Å². The molecule has 0 aliphatic heterocycles. The molecule has 0 heterocycles. The van der Waals surface area contributed by atoms with Gasteiger partial charge in [-0.1, -0.05) is 13.3 Å². The van der Waals surface area contributed by atoms with Crippen molar-refractivity contribution in [3.63, 3.8) is 0 Å². The molecule has 0 aromatic rings. The Labute approximate surface area is 118 Å². The Morgan fingerprint density at radius 2 is 1.58 bits per heavy atom. The van der Waals surface area contributed by atoms with Gasteiger partial charge in [-0.15, -0.1) is 0 Å². The average Bonchev–Trinajstić information content (AvgIpc) is 2.27. The van der Waals surface area contributed by atoms with E-state index >= 15 is 0 Å². The summed E-state index contributed by atoms with van der Waals surface area (Å²) in [5.41, 5.74) is -1.47. The first-order valence-electron chi connectivity index (χ1n) is 5.05. The maximum absolute atomic E-state index is 13.4. The summed E-state index contributed by atoms with van der Waals surface area (Å²) in [4.78, 5) is 0. The van der Waals surface area contributed by atoms with Crippen molar-refractivity contribution in [3.8, 4) is 6.07 Å². The summed E-state index contributed by atoms with van der Waals surface area (Å²) in [6, 6.07) is 1.19. The molecule has 0 bridgehead atoms. The maximum atomic E-state index is 13.4. The van der Waals surface area contributed by atoms with Crippen molar-refractivity contribution in [1.82, 2.24) is 0 Å². The lowest BCUT2D eigenvalue weighted by atomic mass is 9.96. The van der Waals surface area contributed by atoms with Crippen LogP contribution in [0.25, 0.3) is 0 Å². The highest BCUT2D eigenvalue weighted by atomic mass is 127. The lowest BCUT2D eigenvalue weighted by Crippen LogP contribution is -2.53. The van der Waals surface area contributed by atoms with E-state index in [1.807, 2.05) is 0 Å². The van der Waals surface area contributed by atoms with Crippen LogP contribution < -0.4 is 0 Å². The molecule has 0 radical (unpaired) electrons. The standard InChI is InChI=1S/C10H9F7IN/c1-2-3-4-6(7(18)5-19)8(11,12)9(13,14)10(15,16)17/h2-4H2,1H3/b7-6-. The lowest BCUT2D eigenvalue weighted by Gasteiger charge is -2.30. The number of hydrogen-bond acceptors (Lipinski definition) is 1. The quantitative estimate of drug-likeness (QED) is 0.351. The molecule has 1 nitrogen and oxygen atoms in total. The van der Waals surface area contributed by atoms with Gasteiger partial charge >= 0.3 is 18.0 Å². The van der Waals surface area contributed by atoms with Crippen molar-refractivity contribution in [2.24, 2.45) is 0 Å². The predicted molar refractivity (Wildman–Crippen MR) is 62.1 cm³/mol. The number of nitrogens with zero attached hydrogens (tertiary/aromatic N) is 1. The summed E-state index contributed by atoms with van der Waals surface area (Å²) in [7, 11) is 0. The van der Waals surface area contributed by atoms with Crippen molar-refractivity contribution in [1.29, 1.82) is 5.26 Å². The van der Waals surface area contributed by atoms with E-state index < -0.39 is 33.6 Å². The van der Waals surface area contributed by atoms with E-state index in [0.29, 0.717) is 6.42 Å². The molecule has 0 fully saturated rings. The van der Waals surface area contributed by atoms with Crippen LogP contribution in [0.1, 0.15) is 26.2 Å². The molecule has 0 saturated heterocycles. The van der Waals surface area contributed by atoms with E-state index in [9.17, 15) is 30.7 Å². The molecule has 110 valence electrons. The van der Waals surface area contributed by atoms with Gasteiger partial charge in [0.2, 0.25) is 0 Å². The third-order valence-corrected chi connectivity index (χ3v) is 3.17. The highest BCUT2D eigenvalue weighted by Gasteiger charge is 2.74. The zero-order chi connectivity index (χ0) is 15.5.